The molecule has 9 nitrogen and oxygen atoms in total. The Balaban J connectivity index is 1.60. The number of sulfonamides is 1. The second-order valence-electron chi connectivity index (χ2n) is 10.1. The number of anilines is 2. The Kier molecular flexibility index (Phi) is 5.84. The Morgan fingerprint density at radius 3 is 2.56 bits per heavy atom. The molecule has 0 radical (unpaired) electrons. The Morgan fingerprint density at radius 1 is 1.15 bits per heavy atom. The zero-order chi connectivity index (χ0) is 24.2. The first-order chi connectivity index (χ1) is 16.2. The van der Waals surface area contributed by atoms with Crippen molar-refractivity contribution >= 4 is 27.4 Å². The molecule has 2 amide bonds. The second kappa shape index (κ2) is 8.57. The molecule has 2 aromatic rings. The molecule has 184 valence electrons. The highest BCUT2D eigenvalue weighted by Gasteiger charge is 2.45. The number of nitrogens with two attached hydrogens (primary N) is 1. The van der Waals surface area contributed by atoms with Gasteiger partial charge in [-0.3, -0.25) is 8.99 Å². The largest absolute Gasteiger partial charge is 0.351 e. The van der Waals surface area contributed by atoms with Crippen LogP contribution in [0.3, 0.4) is 0 Å². The molecule has 10 heteroatoms. The maximum Gasteiger partial charge on any atom is 0.316 e. The van der Waals surface area contributed by atoms with Crippen LogP contribution in [0.15, 0.2) is 18.5 Å². The number of fused-ring (bicyclic) bond motifs is 2. The van der Waals surface area contributed by atoms with Crippen molar-refractivity contribution in [1.82, 2.24) is 14.7 Å². The summed E-state index contributed by atoms with van der Waals surface area (Å²) in [4.78, 5) is 14.1. The summed E-state index contributed by atoms with van der Waals surface area (Å²) >= 11 is 0. The Morgan fingerprint density at radius 2 is 1.91 bits per heavy atom. The molecule has 34 heavy (non-hydrogen) atoms. The van der Waals surface area contributed by atoms with E-state index in [1.807, 2.05) is 14.1 Å². The van der Waals surface area contributed by atoms with Gasteiger partial charge in [-0.25, -0.2) is 13.2 Å². The van der Waals surface area contributed by atoms with Gasteiger partial charge in [0.2, 0.25) is 10.0 Å². The monoisotopic (exact) mass is 486 g/mol. The van der Waals surface area contributed by atoms with Gasteiger partial charge in [0.05, 0.1) is 17.6 Å². The summed E-state index contributed by atoms with van der Waals surface area (Å²) in [7, 11) is 2.10. The summed E-state index contributed by atoms with van der Waals surface area (Å²) in [6.07, 6.45) is 9.88. The van der Waals surface area contributed by atoms with Crippen LogP contribution < -0.4 is 15.4 Å². The van der Waals surface area contributed by atoms with Gasteiger partial charge in [-0.05, 0) is 87.7 Å². The molecule has 0 bridgehead atoms. The van der Waals surface area contributed by atoms with E-state index < -0.39 is 21.3 Å². The Labute approximate surface area is 201 Å². The lowest BCUT2D eigenvalue weighted by Gasteiger charge is -2.33. The summed E-state index contributed by atoms with van der Waals surface area (Å²) in [5, 5.41) is 6.37. The van der Waals surface area contributed by atoms with Crippen LogP contribution in [0.4, 0.5) is 16.2 Å². The first-order valence-corrected chi connectivity index (χ1v) is 13.6. The molecule has 1 aromatic carbocycles. The minimum Gasteiger partial charge on any atom is -0.351 e. The van der Waals surface area contributed by atoms with E-state index >= 15 is 0 Å². The van der Waals surface area contributed by atoms with E-state index in [9.17, 15) is 13.2 Å². The summed E-state index contributed by atoms with van der Waals surface area (Å²) in [5.41, 5.74) is 10.8. The van der Waals surface area contributed by atoms with Crippen molar-refractivity contribution in [1.29, 1.82) is 0 Å². The standard InChI is InChI=1S/C24H34N6O3S/c1-28(2)17-8-9-18(12-17)30(19-13-26-29(3)14-19)34(32,33)21-10-7-16-11-15-5-4-6-20(15)23(22(16)21)27-24(25)31/h11,13-14,17-18,21H,4-10,12H2,1-3H3,(H3,25,27,31). The predicted octanol–water partition coefficient (Wildman–Crippen LogP) is 2.71. The van der Waals surface area contributed by atoms with Crippen molar-refractivity contribution in [3.8, 4) is 0 Å². The van der Waals surface area contributed by atoms with Crippen molar-refractivity contribution in [3.63, 3.8) is 0 Å². The van der Waals surface area contributed by atoms with E-state index in [1.165, 1.54) is 5.56 Å². The van der Waals surface area contributed by atoms with Gasteiger partial charge >= 0.3 is 6.03 Å². The van der Waals surface area contributed by atoms with E-state index in [0.29, 0.717) is 30.3 Å². The third-order valence-electron chi connectivity index (χ3n) is 7.79. The van der Waals surface area contributed by atoms with E-state index in [4.69, 9.17) is 5.73 Å². The van der Waals surface area contributed by atoms with Crippen molar-refractivity contribution < 1.29 is 13.2 Å². The molecular weight excluding hydrogens is 452 g/mol. The normalized spacial score (nSPS) is 23.8. The number of hydrogen-bond donors (Lipinski definition) is 2. The second-order valence-corrected chi connectivity index (χ2v) is 12.1. The third kappa shape index (κ3) is 3.86. The van der Waals surface area contributed by atoms with Crippen LogP contribution in [-0.4, -0.2) is 55.3 Å². The minimum absolute atomic E-state index is 0.132. The third-order valence-corrected chi connectivity index (χ3v) is 10.0. The lowest BCUT2D eigenvalue weighted by atomic mass is 9.98. The average Bonchev–Trinajstić information content (AvgIpc) is 3.54. The van der Waals surface area contributed by atoms with Gasteiger partial charge in [-0.15, -0.1) is 0 Å². The highest BCUT2D eigenvalue weighted by molar-refractivity contribution is 7.93. The van der Waals surface area contributed by atoms with Crippen LogP contribution in [-0.2, 0) is 36.3 Å². The van der Waals surface area contributed by atoms with Gasteiger partial charge in [-0.2, -0.15) is 5.10 Å². The lowest BCUT2D eigenvalue weighted by Crippen LogP contribution is -2.42. The van der Waals surface area contributed by atoms with Crippen LogP contribution in [0.5, 0.6) is 0 Å². The highest BCUT2D eigenvalue weighted by atomic mass is 32.2. The van der Waals surface area contributed by atoms with E-state index in [-0.39, 0.29) is 6.04 Å². The fourth-order valence-corrected chi connectivity index (χ4v) is 8.49. The maximum atomic E-state index is 14.4. The van der Waals surface area contributed by atoms with Crippen molar-refractivity contribution in [2.24, 2.45) is 12.8 Å². The number of nitrogens with one attached hydrogen (secondary N) is 1. The van der Waals surface area contributed by atoms with Gasteiger partial charge in [0.15, 0.2) is 0 Å². The molecule has 3 atom stereocenters. The van der Waals surface area contributed by atoms with Gasteiger partial charge in [0.1, 0.15) is 5.25 Å². The quantitative estimate of drug-likeness (QED) is 0.652. The molecule has 3 N–H and O–H groups in total. The van der Waals surface area contributed by atoms with Gasteiger partial charge in [0.25, 0.3) is 0 Å². The smallest absolute Gasteiger partial charge is 0.316 e. The van der Waals surface area contributed by atoms with E-state index in [1.54, 1.807) is 28.4 Å². The topological polar surface area (TPSA) is 114 Å². The molecular formula is C24H34N6O3S. The zero-order valence-electron chi connectivity index (χ0n) is 20.1. The maximum absolute atomic E-state index is 14.4. The van der Waals surface area contributed by atoms with Gasteiger partial charge in [-0.1, -0.05) is 6.07 Å². The average molecular weight is 487 g/mol. The van der Waals surface area contributed by atoms with Crippen LogP contribution in [0, 0.1) is 0 Å². The number of aromatic nitrogens is 2. The number of amides is 2. The molecule has 0 saturated heterocycles. The molecule has 1 aromatic heterocycles. The fourth-order valence-electron chi connectivity index (χ4n) is 6.23. The number of hydrogen-bond acceptors (Lipinski definition) is 5. The van der Waals surface area contributed by atoms with Crippen LogP contribution >= 0.6 is 0 Å². The predicted molar refractivity (Wildman–Crippen MR) is 132 cm³/mol. The first kappa shape index (κ1) is 23.2. The molecule has 1 heterocycles. The number of rotatable bonds is 6. The Bertz CT molecular complexity index is 1220. The number of urea groups is 1. The molecule has 3 aliphatic rings. The number of aryl methyl sites for hydroxylation is 3. The summed E-state index contributed by atoms with van der Waals surface area (Å²) in [6, 6.07) is 1.71. The first-order valence-electron chi connectivity index (χ1n) is 12.1. The van der Waals surface area contributed by atoms with Crippen molar-refractivity contribution in [2.75, 3.05) is 23.7 Å². The zero-order valence-corrected chi connectivity index (χ0v) is 20.9. The number of nitrogens with zero attached hydrogens (tertiary/aromatic N) is 4. The van der Waals surface area contributed by atoms with Crippen molar-refractivity contribution in [3.05, 3.63) is 40.7 Å². The van der Waals surface area contributed by atoms with Gasteiger partial charge in [0, 0.05) is 25.3 Å². The molecule has 0 spiro atoms. The van der Waals surface area contributed by atoms with Crippen LogP contribution in [0.25, 0.3) is 0 Å². The Hall–Kier alpha value is -2.59. The van der Waals surface area contributed by atoms with Crippen LogP contribution in [0.2, 0.25) is 0 Å². The molecule has 1 saturated carbocycles. The highest BCUT2D eigenvalue weighted by Crippen LogP contribution is 2.48. The number of carbonyl (C=O) groups excluding carboxylic acids is 1. The molecule has 5 rings (SSSR count). The summed E-state index contributed by atoms with van der Waals surface area (Å²) in [6.45, 7) is 0. The molecule has 0 aliphatic heterocycles. The molecule has 1 fully saturated rings. The van der Waals surface area contributed by atoms with Crippen LogP contribution in [0.1, 0.15) is 59.6 Å². The number of primary amides is 1. The van der Waals surface area contributed by atoms with Gasteiger partial charge < -0.3 is 16.0 Å². The van der Waals surface area contributed by atoms with E-state index in [2.05, 4.69) is 21.4 Å². The van der Waals surface area contributed by atoms with E-state index in [0.717, 1.165) is 55.2 Å². The molecule has 3 unspecified atom stereocenters. The summed E-state index contributed by atoms with van der Waals surface area (Å²) in [5.74, 6) is 0. The minimum atomic E-state index is -3.79. The molecule has 3 aliphatic carbocycles. The fraction of sp³-hybridized carbons (Fsp3) is 0.583. The summed E-state index contributed by atoms with van der Waals surface area (Å²) < 4.78 is 32.2. The SMILES string of the molecule is CN(C)C1CCC(N(c2cnn(C)c2)S(=O)(=O)C2CCc3cc4c(c(NC(N)=O)c32)CCC4)C1. The number of benzene rings is 1. The number of carbonyl (C=O) groups is 1. The lowest BCUT2D eigenvalue weighted by molar-refractivity contribution is 0.259. The van der Waals surface area contributed by atoms with Crippen molar-refractivity contribution in [2.45, 2.75) is 68.7 Å².